The minimum Gasteiger partial charge on any atom is -0.354 e. The van der Waals surface area contributed by atoms with Crippen LogP contribution in [-0.4, -0.2) is 50.5 Å². The molecule has 0 aromatic heterocycles. The van der Waals surface area contributed by atoms with Crippen LogP contribution in [0.5, 0.6) is 0 Å². The highest BCUT2D eigenvalue weighted by molar-refractivity contribution is 7.92. The van der Waals surface area contributed by atoms with Gasteiger partial charge in [0.2, 0.25) is 21.8 Å². The Labute approximate surface area is 231 Å². The number of nitrogens with one attached hydrogen (secondary N) is 1. The maximum Gasteiger partial charge on any atom is 0.242 e. The molecule has 0 spiro atoms. The normalized spacial score (nSPS) is 12.4. The number of amides is 2. The molecule has 10 heteroatoms. The quantitative estimate of drug-likeness (QED) is 0.373. The Balaban J connectivity index is 2.24. The zero-order valence-electron chi connectivity index (χ0n) is 22.3. The number of hydrogen-bond donors (Lipinski definition) is 1. The second-order valence-corrected chi connectivity index (χ2v) is 12.5. The van der Waals surface area contributed by atoms with E-state index in [4.69, 9.17) is 23.2 Å². The van der Waals surface area contributed by atoms with Crippen LogP contribution in [0.1, 0.15) is 50.3 Å². The highest BCUT2D eigenvalue weighted by atomic mass is 35.5. The first-order valence-corrected chi connectivity index (χ1v) is 14.9. The molecule has 0 unspecified atom stereocenters. The van der Waals surface area contributed by atoms with Crippen molar-refractivity contribution >= 4 is 50.7 Å². The molecule has 2 rings (SSSR count). The summed E-state index contributed by atoms with van der Waals surface area (Å²) in [7, 11) is -3.57. The first kappa shape index (κ1) is 30.9. The molecule has 0 saturated heterocycles. The van der Waals surface area contributed by atoms with Crippen molar-refractivity contribution in [2.75, 3.05) is 23.7 Å². The van der Waals surface area contributed by atoms with E-state index in [1.807, 2.05) is 45.9 Å². The average Bonchev–Trinajstić information content (AvgIpc) is 2.78. The third-order valence-electron chi connectivity index (χ3n) is 5.89. The smallest absolute Gasteiger partial charge is 0.242 e. The summed E-state index contributed by atoms with van der Waals surface area (Å²) in [6.07, 6.45) is 1.46. The van der Waals surface area contributed by atoms with Crippen LogP contribution in [0.3, 0.4) is 0 Å². The van der Waals surface area contributed by atoms with Crippen LogP contribution in [0.4, 0.5) is 5.69 Å². The maximum absolute atomic E-state index is 13.4. The van der Waals surface area contributed by atoms with Crippen LogP contribution < -0.4 is 9.62 Å². The Hall–Kier alpha value is -2.29. The highest BCUT2D eigenvalue weighted by Crippen LogP contribution is 2.27. The summed E-state index contributed by atoms with van der Waals surface area (Å²) in [6, 6.07) is 9.89. The van der Waals surface area contributed by atoms with Gasteiger partial charge in [0, 0.05) is 41.7 Å². The van der Waals surface area contributed by atoms with Crippen LogP contribution in [-0.2, 0) is 26.2 Å². The Morgan fingerprint density at radius 3 is 2.08 bits per heavy atom. The predicted octanol–water partition coefficient (Wildman–Crippen LogP) is 5.35. The van der Waals surface area contributed by atoms with Gasteiger partial charge in [-0.3, -0.25) is 13.9 Å². The van der Waals surface area contributed by atoms with Gasteiger partial charge < -0.3 is 10.2 Å². The van der Waals surface area contributed by atoms with Crippen molar-refractivity contribution in [1.29, 1.82) is 0 Å². The molecule has 0 saturated carbocycles. The molecule has 7 nitrogen and oxygen atoms in total. The van der Waals surface area contributed by atoms with Crippen molar-refractivity contribution in [3.05, 3.63) is 63.1 Å². The summed E-state index contributed by atoms with van der Waals surface area (Å²) in [4.78, 5) is 27.7. The lowest BCUT2D eigenvalue weighted by molar-refractivity contribution is -0.140. The summed E-state index contributed by atoms with van der Waals surface area (Å²) in [5.74, 6) is -0.319. The van der Waals surface area contributed by atoms with Crippen molar-refractivity contribution in [2.24, 2.45) is 5.92 Å². The standard InChI is InChI=1S/C27H37Cl2N3O4S/c1-18(2)16-30-27(34)21(5)31(17-23-24(28)9-7-10-25(23)29)26(33)11-8-12-32(37(6,35)36)22-14-19(3)13-20(4)15-22/h7,9-10,13-15,18,21H,8,11-12,16-17H2,1-6H3,(H,30,34)/t21-/m0/s1. The van der Waals surface area contributed by atoms with E-state index in [-0.39, 0.29) is 43.7 Å². The van der Waals surface area contributed by atoms with Gasteiger partial charge in [-0.05, 0) is 68.5 Å². The van der Waals surface area contributed by atoms with Gasteiger partial charge in [-0.1, -0.05) is 49.2 Å². The van der Waals surface area contributed by atoms with Gasteiger partial charge in [0.15, 0.2) is 0 Å². The van der Waals surface area contributed by atoms with E-state index in [0.717, 1.165) is 17.4 Å². The van der Waals surface area contributed by atoms with Crippen LogP contribution in [0.2, 0.25) is 10.0 Å². The van der Waals surface area contributed by atoms with Crippen LogP contribution in [0.25, 0.3) is 0 Å². The van der Waals surface area contributed by atoms with Gasteiger partial charge in [0.1, 0.15) is 6.04 Å². The molecule has 0 heterocycles. The third kappa shape index (κ3) is 9.20. The second kappa shape index (κ2) is 13.5. The molecule has 2 aromatic rings. The van der Waals surface area contributed by atoms with Crippen molar-refractivity contribution < 1.29 is 18.0 Å². The number of rotatable bonds is 12. The van der Waals surface area contributed by atoms with Crippen molar-refractivity contribution in [3.8, 4) is 0 Å². The lowest BCUT2D eigenvalue weighted by atomic mass is 10.1. The molecule has 204 valence electrons. The molecule has 0 radical (unpaired) electrons. The Morgan fingerprint density at radius 2 is 1.57 bits per heavy atom. The molecule has 2 aromatic carbocycles. The Kier molecular flexibility index (Phi) is 11.3. The fraction of sp³-hybridized carbons (Fsp3) is 0.481. The molecule has 2 amide bonds. The van der Waals surface area contributed by atoms with Gasteiger partial charge in [0.05, 0.1) is 11.9 Å². The van der Waals surface area contributed by atoms with E-state index in [1.165, 1.54) is 9.21 Å². The molecular weight excluding hydrogens is 533 g/mol. The third-order valence-corrected chi connectivity index (χ3v) is 7.79. The molecule has 37 heavy (non-hydrogen) atoms. The summed E-state index contributed by atoms with van der Waals surface area (Å²) < 4.78 is 26.4. The number of hydrogen-bond acceptors (Lipinski definition) is 4. The summed E-state index contributed by atoms with van der Waals surface area (Å²) in [5, 5.41) is 3.67. The monoisotopic (exact) mass is 569 g/mol. The number of halogens is 2. The van der Waals surface area contributed by atoms with E-state index < -0.39 is 16.1 Å². The number of nitrogens with zero attached hydrogens (tertiary/aromatic N) is 2. The number of sulfonamides is 1. The fourth-order valence-corrected chi connectivity index (χ4v) is 5.45. The summed E-state index contributed by atoms with van der Waals surface area (Å²) >= 11 is 12.7. The number of anilines is 1. The SMILES string of the molecule is Cc1cc(C)cc(N(CCCC(=O)N(Cc2c(Cl)cccc2Cl)[C@@H](C)C(=O)NCC(C)C)S(C)(=O)=O)c1. The Bertz CT molecular complexity index is 1180. The zero-order chi connectivity index (χ0) is 27.9. The van der Waals surface area contributed by atoms with Crippen molar-refractivity contribution in [3.63, 3.8) is 0 Å². The molecule has 0 aliphatic rings. The molecule has 1 atom stereocenters. The lowest BCUT2D eigenvalue weighted by Crippen LogP contribution is -2.48. The van der Waals surface area contributed by atoms with Gasteiger partial charge in [0.25, 0.3) is 0 Å². The van der Waals surface area contributed by atoms with Gasteiger partial charge in [-0.15, -0.1) is 0 Å². The molecular formula is C27H37Cl2N3O4S. The minimum atomic E-state index is -3.57. The maximum atomic E-state index is 13.4. The largest absolute Gasteiger partial charge is 0.354 e. The molecule has 0 bridgehead atoms. The van der Waals surface area contributed by atoms with Gasteiger partial charge in [-0.2, -0.15) is 0 Å². The van der Waals surface area contributed by atoms with Crippen molar-refractivity contribution in [2.45, 2.75) is 60.0 Å². The minimum absolute atomic E-state index is 0.0424. The average molecular weight is 571 g/mol. The number of benzene rings is 2. The fourth-order valence-electron chi connectivity index (χ4n) is 3.99. The summed E-state index contributed by atoms with van der Waals surface area (Å²) in [6.45, 7) is 10.1. The van der Waals surface area contributed by atoms with Crippen LogP contribution in [0, 0.1) is 19.8 Å². The van der Waals surface area contributed by atoms with Crippen LogP contribution in [0.15, 0.2) is 36.4 Å². The van der Waals surface area contributed by atoms with E-state index >= 15 is 0 Å². The number of aryl methyl sites for hydroxylation is 2. The molecule has 0 aliphatic heterocycles. The van der Waals surface area contributed by atoms with Crippen LogP contribution >= 0.6 is 23.2 Å². The second-order valence-electron chi connectivity index (χ2n) is 9.82. The lowest BCUT2D eigenvalue weighted by Gasteiger charge is -2.30. The number of carbonyl (C=O) groups is 2. The molecule has 1 N–H and O–H groups in total. The van der Waals surface area contributed by atoms with E-state index in [2.05, 4.69) is 5.32 Å². The number of carbonyl (C=O) groups excluding carboxylic acids is 2. The zero-order valence-corrected chi connectivity index (χ0v) is 24.7. The van der Waals surface area contributed by atoms with Gasteiger partial charge in [-0.25, -0.2) is 8.42 Å². The van der Waals surface area contributed by atoms with Crippen molar-refractivity contribution in [1.82, 2.24) is 10.2 Å². The van der Waals surface area contributed by atoms with Gasteiger partial charge >= 0.3 is 0 Å². The summed E-state index contributed by atoms with van der Waals surface area (Å²) in [5.41, 5.74) is 3.01. The highest BCUT2D eigenvalue weighted by Gasteiger charge is 2.28. The topological polar surface area (TPSA) is 86.8 Å². The van der Waals surface area contributed by atoms with E-state index in [1.54, 1.807) is 25.1 Å². The first-order valence-electron chi connectivity index (χ1n) is 12.3. The predicted molar refractivity (Wildman–Crippen MR) is 152 cm³/mol. The Morgan fingerprint density at radius 1 is 1.00 bits per heavy atom. The molecule has 0 fully saturated rings. The molecule has 0 aliphatic carbocycles. The van der Waals surface area contributed by atoms with E-state index in [0.29, 0.717) is 27.8 Å². The van der Waals surface area contributed by atoms with E-state index in [9.17, 15) is 18.0 Å². The first-order chi connectivity index (χ1) is 17.2.